The summed E-state index contributed by atoms with van der Waals surface area (Å²) in [6.07, 6.45) is 2.09. The van der Waals surface area contributed by atoms with Gasteiger partial charge in [0.15, 0.2) is 5.78 Å². The Labute approximate surface area is 122 Å². The first-order chi connectivity index (χ1) is 9.22. The third kappa shape index (κ3) is 5.15. The number of carbonyl (C=O) groups is 1. The largest absolute Gasteiger partial charge is 0.295 e. The van der Waals surface area contributed by atoms with Gasteiger partial charge in [-0.1, -0.05) is 12.1 Å². The van der Waals surface area contributed by atoms with E-state index in [0.717, 1.165) is 0 Å². The van der Waals surface area contributed by atoms with E-state index in [-0.39, 0.29) is 16.7 Å². The molecule has 20 heavy (non-hydrogen) atoms. The SMILES string of the molecule is CC(=O)c1ccc(S(=O)(=O)NC(C)CCS(C)=O)cc1. The van der Waals surface area contributed by atoms with Gasteiger partial charge < -0.3 is 0 Å². The molecule has 1 aromatic carbocycles. The Balaban J connectivity index is 2.78. The van der Waals surface area contributed by atoms with E-state index in [1.807, 2.05) is 0 Å². The Kier molecular flexibility index (Phi) is 6.04. The summed E-state index contributed by atoms with van der Waals surface area (Å²) in [6.45, 7) is 3.16. The van der Waals surface area contributed by atoms with Gasteiger partial charge in [-0.2, -0.15) is 0 Å². The number of hydrogen-bond acceptors (Lipinski definition) is 4. The Morgan fingerprint density at radius 2 is 1.85 bits per heavy atom. The van der Waals surface area contributed by atoms with E-state index in [9.17, 15) is 17.4 Å². The van der Waals surface area contributed by atoms with Gasteiger partial charge in [0.2, 0.25) is 10.0 Å². The Morgan fingerprint density at radius 3 is 2.30 bits per heavy atom. The number of benzene rings is 1. The first kappa shape index (κ1) is 17.0. The highest BCUT2D eigenvalue weighted by Gasteiger charge is 2.17. The van der Waals surface area contributed by atoms with Crippen molar-refractivity contribution in [3.05, 3.63) is 29.8 Å². The summed E-state index contributed by atoms with van der Waals surface area (Å²) >= 11 is 0. The van der Waals surface area contributed by atoms with E-state index in [1.165, 1.54) is 31.2 Å². The van der Waals surface area contributed by atoms with E-state index in [2.05, 4.69) is 4.72 Å². The van der Waals surface area contributed by atoms with Gasteiger partial charge in [-0.15, -0.1) is 0 Å². The second-order valence-electron chi connectivity index (χ2n) is 4.67. The van der Waals surface area contributed by atoms with Crippen molar-refractivity contribution in [1.82, 2.24) is 4.72 Å². The molecular weight excluding hydrogens is 298 g/mol. The van der Waals surface area contributed by atoms with Crippen molar-refractivity contribution >= 4 is 26.6 Å². The molecule has 0 amide bonds. The van der Waals surface area contributed by atoms with Gasteiger partial charge in [0, 0.05) is 34.4 Å². The number of rotatable bonds is 7. The molecule has 0 saturated carbocycles. The van der Waals surface area contributed by atoms with Crippen LogP contribution in [0.25, 0.3) is 0 Å². The third-order valence-corrected chi connectivity index (χ3v) is 5.18. The van der Waals surface area contributed by atoms with Gasteiger partial charge in [-0.3, -0.25) is 9.00 Å². The second kappa shape index (κ2) is 7.10. The average molecular weight is 317 g/mol. The van der Waals surface area contributed by atoms with Crippen molar-refractivity contribution in [3.8, 4) is 0 Å². The van der Waals surface area contributed by atoms with Gasteiger partial charge in [-0.25, -0.2) is 13.1 Å². The van der Waals surface area contributed by atoms with Crippen molar-refractivity contribution in [2.24, 2.45) is 0 Å². The van der Waals surface area contributed by atoms with Crippen LogP contribution in [-0.2, 0) is 20.8 Å². The van der Waals surface area contributed by atoms with Gasteiger partial charge >= 0.3 is 0 Å². The Bertz CT molecular complexity index is 593. The van der Waals surface area contributed by atoms with Gasteiger partial charge in [0.25, 0.3) is 0 Å². The molecule has 0 aliphatic carbocycles. The maximum absolute atomic E-state index is 12.1. The molecule has 1 rings (SSSR count). The molecule has 2 unspecified atom stereocenters. The summed E-state index contributed by atoms with van der Waals surface area (Å²) in [5, 5.41) is 0. The van der Waals surface area contributed by atoms with Crippen molar-refractivity contribution in [1.29, 1.82) is 0 Å². The van der Waals surface area contributed by atoms with Gasteiger partial charge in [-0.05, 0) is 32.4 Å². The highest BCUT2D eigenvalue weighted by atomic mass is 32.2. The number of ketones is 1. The van der Waals surface area contributed by atoms with Crippen molar-refractivity contribution in [3.63, 3.8) is 0 Å². The van der Waals surface area contributed by atoms with E-state index >= 15 is 0 Å². The van der Waals surface area contributed by atoms with Crippen molar-refractivity contribution in [2.45, 2.75) is 31.2 Å². The number of hydrogen-bond donors (Lipinski definition) is 1. The smallest absolute Gasteiger partial charge is 0.240 e. The van der Waals surface area contributed by atoms with E-state index < -0.39 is 20.8 Å². The lowest BCUT2D eigenvalue weighted by molar-refractivity contribution is 0.101. The molecule has 0 aromatic heterocycles. The zero-order chi connectivity index (χ0) is 15.3. The van der Waals surface area contributed by atoms with Crippen LogP contribution in [0.1, 0.15) is 30.6 Å². The van der Waals surface area contributed by atoms with Gasteiger partial charge in [0.1, 0.15) is 0 Å². The molecule has 7 heteroatoms. The van der Waals surface area contributed by atoms with Gasteiger partial charge in [0.05, 0.1) is 4.90 Å². The molecule has 0 aliphatic rings. The summed E-state index contributed by atoms with van der Waals surface area (Å²) < 4.78 is 37.7. The quantitative estimate of drug-likeness (QED) is 0.769. The summed E-state index contributed by atoms with van der Waals surface area (Å²) in [6, 6.07) is 5.50. The minimum Gasteiger partial charge on any atom is -0.295 e. The molecule has 0 bridgehead atoms. The molecule has 0 saturated heterocycles. The summed E-state index contributed by atoms with van der Waals surface area (Å²) in [5.74, 6) is 0.341. The summed E-state index contributed by atoms with van der Waals surface area (Å²) in [5.41, 5.74) is 0.471. The number of Topliss-reactive ketones (excluding diaryl/α,β-unsaturated/α-hetero) is 1. The predicted octanol–water partition coefficient (Wildman–Crippen LogP) is 1.32. The Morgan fingerprint density at radius 1 is 1.30 bits per heavy atom. The maximum atomic E-state index is 12.1. The molecule has 5 nitrogen and oxygen atoms in total. The maximum Gasteiger partial charge on any atom is 0.240 e. The molecule has 0 heterocycles. The standard InChI is InChI=1S/C13H19NO4S2/c1-10(8-9-19(3)16)14-20(17,18)13-6-4-12(5-7-13)11(2)15/h4-7,10,14H,8-9H2,1-3H3. The van der Waals surface area contributed by atoms with Crippen LogP contribution in [0.4, 0.5) is 0 Å². The minimum atomic E-state index is -3.61. The van der Waals surface area contributed by atoms with E-state index in [4.69, 9.17) is 0 Å². The third-order valence-electron chi connectivity index (χ3n) is 2.77. The monoisotopic (exact) mass is 317 g/mol. The van der Waals surface area contributed by atoms with Crippen LogP contribution in [0.5, 0.6) is 0 Å². The highest BCUT2D eigenvalue weighted by Crippen LogP contribution is 2.12. The van der Waals surface area contributed by atoms with Crippen LogP contribution in [0, 0.1) is 0 Å². The lowest BCUT2D eigenvalue weighted by Gasteiger charge is -2.13. The zero-order valence-electron chi connectivity index (χ0n) is 11.8. The van der Waals surface area contributed by atoms with E-state index in [1.54, 1.807) is 13.2 Å². The second-order valence-corrected chi connectivity index (χ2v) is 7.94. The lowest BCUT2D eigenvalue weighted by Crippen LogP contribution is -2.33. The molecule has 1 N–H and O–H groups in total. The fourth-order valence-corrected chi connectivity index (χ4v) is 3.57. The molecule has 0 spiro atoms. The zero-order valence-corrected chi connectivity index (χ0v) is 13.4. The summed E-state index contributed by atoms with van der Waals surface area (Å²) in [7, 11) is -4.55. The van der Waals surface area contributed by atoms with Crippen LogP contribution < -0.4 is 4.72 Å². The molecular formula is C13H19NO4S2. The molecule has 1 aromatic rings. The number of carbonyl (C=O) groups excluding carboxylic acids is 1. The average Bonchev–Trinajstić information content (AvgIpc) is 2.36. The van der Waals surface area contributed by atoms with Crippen LogP contribution in [0.15, 0.2) is 29.2 Å². The fraction of sp³-hybridized carbons (Fsp3) is 0.462. The van der Waals surface area contributed by atoms with Crippen molar-refractivity contribution in [2.75, 3.05) is 12.0 Å². The molecule has 0 aliphatic heterocycles. The van der Waals surface area contributed by atoms with Crippen LogP contribution in [-0.4, -0.2) is 36.5 Å². The topological polar surface area (TPSA) is 80.3 Å². The van der Waals surface area contributed by atoms with E-state index in [0.29, 0.717) is 17.7 Å². The lowest BCUT2D eigenvalue weighted by atomic mass is 10.2. The fourth-order valence-electron chi connectivity index (χ4n) is 1.60. The Hall–Kier alpha value is -1.05. The molecule has 2 atom stereocenters. The number of nitrogens with one attached hydrogen (secondary N) is 1. The van der Waals surface area contributed by atoms with Crippen LogP contribution in [0.2, 0.25) is 0 Å². The normalized spacial score (nSPS) is 14.8. The highest BCUT2D eigenvalue weighted by molar-refractivity contribution is 7.89. The van der Waals surface area contributed by atoms with Crippen LogP contribution in [0.3, 0.4) is 0 Å². The molecule has 0 radical (unpaired) electrons. The van der Waals surface area contributed by atoms with Crippen LogP contribution >= 0.6 is 0 Å². The minimum absolute atomic E-state index is 0.110. The predicted molar refractivity (Wildman–Crippen MR) is 79.8 cm³/mol. The van der Waals surface area contributed by atoms with Crippen molar-refractivity contribution < 1.29 is 17.4 Å². The summed E-state index contributed by atoms with van der Waals surface area (Å²) in [4.78, 5) is 11.3. The number of sulfonamides is 1. The molecule has 0 fully saturated rings. The first-order valence-corrected chi connectivity index (χ1v) is 9.37. The first-order valence-electron chi connectivity index (χ1n) is 6.15. The molecule has 112 valence electrons.